The Labute approximate surface area is 124 Å². The molecule has 21 heavy (non-hydrogen) atoms. The second-order valence-electron chi connectivity index (χ2n) is 5.08. The van der Waals surface area contributed by atoms with Gasteiger partial charge in [0.15, 0.2) is 0 Å². The van der Waals surface area contributed by atoms with Crippen molar-refractivity contribution >= 4 is 5.95 Å². The highest BCUT2D eigenvalue weighted by Crippen LogP contribution is 2.20. The zero-order chi connectivity index (χ0) is 14.5. The Hall–Kier alpha value is -2.05. The van der Waals surface area contributed by atoms with Gasteiger partial charge >= 0.3 is 0 Å². The van der Waals surface area contributed by atoms with E-state index in [1.165, 1.54) is 0 Å². The molecule has 3 rings (SSSR count). The lowest BCUT2D eigenvalue weighted by molar-refractivity contribution is 0.186. The summed E-state index contributed by atoms with van der Waals surface area (Å²) in [6.45, 7) is 4.28. The normalized spacial score (nSPS) is 17.7. The van der Waals surface area contributed by atoms with Crippen LogP contribution in [0.25, 0.3) is 0 Å². The second kappa shape index (κ2) is 6.60. The molecule has 0 saturated carbocycles. The first-order chi connectivity index (χ1) is 10.4. The molecule has 110 valence electrons. The van der Waals surface area contributed by atoms with E-state index in [4.69, 9.17) is 5.73 Å². The summed E-state index contributed by atoms with van der Waals surface area (Å²) >= 11 is 0. The number of anilines is 1. The van der Waals surface area contributed by atoms with E-state index in [1.54, 1.807) is 12.4 Å². The minimum atomic E-state index is 0.185. The van der Waals surface area contributed by atoms with Gasteiger partial charge in [-0.2, -0.15) is 0 Å². The lowest BCUT2D eigenvalue weighted by Crippen LogP contribution is -2.49. The van der Waals surface area contributed by atoms with Gasteiger partial charge in [0.2, 0.25) is 5.95 Å². The predicted molar refractivity (Wildman–Crippen MR) is 81.9 cm³/mol. The van der Waals surface area contributed by atoms with Crippen molar-refractivity contribution in [2.75, 3.05) is 37.6 Å². The molecule has 2 aromatic rings. The van der Waals surface area contributed by atoms with Crippen LogP contribution in [0.2, 0.25) is 0 Å². The van der Waals surface area contributed by atoms with Gasteiger partial charge in [-0.05, 0) is 18.2 Å². The minimum absolute atomic E-state index is 0.185. The summed E-state index contributed by atoms with van der Waals surface area (Å²) in [4.78, 5) is 17.7. The van der Waals surface area contributed by atoms with Crippen molar-refractivity contribution in [2.24, 2.45) is 5.73 Å². The first-order valence-corrected chi connectivity index (χ1v) is 7.25. The molecule has 1 atom stereocenters. The molecule has 2 aromatic heterocycles. The summed E-state index contributed by atoms with van der Waals surface area (Å²) in [6.07, 6.45) is 5.39. The van der Waals surface area contributed by atoms with Gasteiger partial charge in [0, 0.05) is 51.3 Å². The van der Waals surface area contributed by atoms with Crippen molar-refractivity contribution in [3.63, 3.8) is 0 Å². The molecular weight excluding hydrogens is 264 g/mol. The van der Waals surface area contributed by atoms with Crippen molar-refractivity contribution in [1.29, 1.82) is 0 Å². The summed E-state index contributed by atoms with van der Waals surface area (Å²) in [5.41, 5.74) is 7.01. The molecule has 0 amide bonds. The van der Waals surface area contributed by atoms with Crippen LogP contribution in [-0.2, 0) is 0 Å². The average Bonchev–Trinajstić information content (AvgIpc) is 2.58. The Balaban J connectivity index is 1.65. The second-order valence-corrected chi connectivity index (χ2v) is 5.08. The number of piperazine rings is 1. The highest BCUT2D eigenvalue weighted by Gasteiger charge is 2.25. The van der Waals surface area contributed by atoms with Gasteiger partial charge in [0.25, 0.3) is 0 Å². The minimum Gasteiger partial charge on any atom is -0.338 e. The molecule has 1 aliphatic heterocycles. The van der Waals surface area contributed by atoms with Gasteiger partial charge in [0.1, 0.15) is 0 Å². The van der Waals surface area contributed by atoms with E-state index in [9.17, 15) is 0 Å². The lowest BCUT2D eigenvalue weighted by Gasteiger charge is -2.38. The monoisotopic (exact) mass is 284 g/mol. The topological polar surface area (TPSA) is 71.2 Å². The summed E-state index contributed by atoms with van der Waals surface area (Å²) in [5.74, 6) is 0.805. The Morgan fingerprint density at radius 2 is 1.67 bits per heavy atom. The Bertz CT molecular complexity index is 539. The fraction of sp³-hybridized carbons (Fsp3) is 0.400. The predicted octanol–water partition coefficient (Wildman–Crippen LogP) is 0.694. The van der Waals surface area contributed by atoms with Crippen LogP contribution in [0.15, 0.2) is 42.9 Å². The smallest absolute Gasteiger partial charge is 0.225 e. The quantitative estimate of drug-likeness (QED) is 0.891. The van der Waals surface area contributed by atoms with Crippen LogP contribution in [0.5, 0.6) is 0 Å². The van der Waals surface area contributed by atoms with E-state index < -0.39 is 0 Å². The summed E-state index contributed by atoms with van der Waals surface area (Å²) < 4.78 is 0. The summed E-state index contributed by atoms with van der Waals surface area (Å²) in [7, 11) is 0. The van der Waals surface area contributed by atoms with Gasteiger partial charge in [-0.15, -0.1) is 0 Å². The first-order valence-electron chi connectivity index (χ1n) is 7.25. The number of hydrogen-bond donors (Lipinski definition) is 1. The number of hydrogen-bond acceptors (Lipinski definition) is 6. The van der Waals surface area contributed by atoms with Crippen molar-refractivity contribution in [3.8, 4) is 0 Å². The molecule has 0 aromatic carbocycles. The molecule has 0 spiro atoms. The molecule has 0 bridgehead atoms. The zero-order valence-electron chi connectivity index (χ0n) is 12.0. The van der Waals surface area contributed by atoms with Gasteiger partial charge in [-0.1, -0.05) is 6.07 Å². The molecule has 3 heterocycles. The molecule has 0 aliphatic carbocycles. The number of rotatable bonds is 4. The van der Waals surface area contributed by atoms with Gasteiger partial charge in [0.05, 0.1) is 11.7 Å². The van der Waals surface area contributed by atoms with Gasteiger partial charge in [-0.3, -0.25) is 9.88 Å². The van der Waals surface area contributed by atoms with E-state index in [1.807, 2.05) is 30.5 Å². The molecule has 2 N–H and O–H groups in total. The Morgan fingerprint density at radius 1 is 0.952 bits per heavy atom. The SMILES string of the molecule is NCC(c1ccccn1)N1CCN(c2ncccn2)CC1. The largest absolute Gasteiger partial charge is 0.338 e. The number of aromatic nitrogens is 3. The van der Waals surface area contributed by atoms with Crippen LogP contribution in [0.3, 0.4) is 0 Å². The van der Waals surface area contributed by atoms with E-state index in [0.717, 1.165) is 37.8 Å². The Kier molecular flexibility index (Phi) is 4.37. The van der Waals surface area contributed by atoms with Crippen LogP contribution in [0.4, 0.5) is 5.95 Å². The molecule has 1 saturated heterocycles. The molecule has 0 radical (unpaired) electrons. The Morgan fingerprint density at radius 3 is 2.29 bits per heavy atom. The van der Waals surface area contributed by atoms with E-state index in [2.05, 4.69) is 24.8 Å². The van der Waals surface area contributed by atoms with Crippen LogP contribution in [0.1, 0.15) is 11.7 Å². The highest BCUT2D eigenvalue weighted by atomic mass is 15.3. The maximum absolute atomic E-state index is 5.96. The fourth-order valence-electron chi connectivity index (χ4n) is 2.72. The molecule has 6 nitrogen and oxygen atoms in total. The summed E-state index contributed by atoms with van der Waals surface area (Å²) in [6, 6.07) is 8.01. The van der Waals surface area contributed by atoms with E-state index in [0.29, 0.717) is 6.54 Å². The van der Waals surface area contributed by atoms with Crippen LogP contribution in [0, 0.1) is 0 Å². The standard InChI is InChI=1S/C15H20N6/c16-12-14(13-4-1-2-5-17-13)20-8-10-21(11-9-20)15-18-6-3-7-19-15/h1-7,14H,8-12,16H2. The molecule has 1 unspecified atom stereocenters. The van der Waals surface area contributed by atoms with E-state index in [-0.39, 0.29) is 6.04 Å². The van der Waals surface area contributed by atoms with Crippen LogP contribution < -0.4 is 10.6 Å². The maximum Gasteiger partial charge on any atom is 0.225 e. The van der Waals surface area contributed by atoms with Gasteiger partial charge < -0.3 is 10.6 Å². The number of pyridine rings is 1. The van der Waals surface area contributed by atoms with Crippen LogP contribution in [-0.4, -0.2) is 52.6 Å². The van der Waals surface area contributed by atoms with Crippen molar-refractivity contribution < 1.29 is 0 Å². The highest BCUT2D eigenvalue weighted by molar-refractivity contribution is 5.29. The third kappa shape index (κ3) is 3.17. The fourth-order valence-corrected chi connectivity index (χ4v) is 2.72. The van der Waals surface area contributed by atoms with Crippen molar-refractivity contribution in [1.82, 2.24) is 19.9 Å². The lowest BCUT2D eigenvalue weighted by atomic mass is 10.1. The number of nitrogens with zero attached hydrogens (tertiary/aromatic N) is 5. The zero-order valence-corrected chi connectivity index (χ0v) is 12.0. The van der Waals surface area contributed by atoms with Crippen molar-refractivity contribution in [2.45, 2.75) is 6.04 Å². The summed E-state index contributed by atoms with van der Waals surface area (Å²) in [5, 5.41) is 0. The third-order valence-electron chi connectivity index (χ3n) is 3.84. The first kappa shape index (κ1) is 13.9. The van der Waals surface area contributed by atoms with Crippen LogP contribution >= 0.6 is 0 Å². The average molecular weight is 284 g/mol. The van der Waals surface area contributed by atoms with Crippen molar-refractivity contribution in [3.05, 3.63) is 48.5 Å². The third-order valence-corrected chi connectivity index (χ3v) is 3.84. The number of nitrogens with two attached hydrogens (primary N) is 1. The maximum atomic E-state index is 5.96. The van der Waals surface area contributed by atoms with Gasteiger partial charge in [-0.25, -0.2) is 9.97 Å². The molecule has 6 heteroatoms. The molecule has 1 fully saturated rings. The van der Waals surface area contributed by atoms with E-state index >= 15 is 0 Å². The molecule has 1 aliphatic rings. The molecular formula is C15H20N6.